The second-order valence-electron chi connectivity index (χ2n) is 9.06. The minimum absolute atomic E-state index is 0.0998. The van der Waals surface area contributed by atoms with Crippen LogP contribution >= 0.6 is 0 Å². The number of anilines is 1. The van der Waals surface area contributed by atoms with Crippen molar-refractivity contribution in [3.63, 3.8) is 0 Å². The van der Waals surface area contributed by atoms with Gasteiger partial charge in [-0.05, 0) is 67.6 Å². The molecule has 0 unspecified atom stereocenters. The standard InChI is InChI=1S/C26H34N4O3S/c1-6-29(7-2)34(32,33)20-10-11-23-22(17-20)27-25(28(23)5)12-13-26(31)30-14-8-9-21-19(4)15-18(3)16-24(21)30/h10-11,15-17H,6-9,12-14H2,1-5H3. The van der Waals surface area contributed by atoms with Crippen molar-refractivity contribution in [2.24, 2.45) is 7.05 Å². The quantitative estimate of drug-likeness (QED) is 0.507. The molecular formula is C26H34N4O3S. The molecule has 7 nitrogen and oxygen atoms in total. The Morgan fingerprint density at radius 3 is 2.56 bits per heavy atom. The van der Waals surface area contributed by atoms with E-state index in [1.54, 1.807) is 18.2 Å². The van der Waals surface area contributed by atoms with Gasteiger partial charge in [0.15, 0.2) is 0 Å². The second kappa shape index (κ2) is 9.50. The minimum atomic E-state index is -3.55. The van der Waals surface area contributed by atoms with Crippen molar-refractivity contribution < 1.29 is 13.2 Å². The summed E-state index contributed by atoms with van der Waals surface area (Å²) in [6.07, 6.45) is 2.83. The summed E-state index contributed by atoms with van der Waals surface area (Å²) in [7, 11) is -1.64. The number of aromatic nitrogens is 2. The molecule has 1 aliphatic heterocycles. The molecule has 2 heterocycles. The van der Waals surface area contributed by atoms with E-state index in [0.717, 1.165) is 36.4 Å². The summed E-state index contributed by atoms with van der Waals surface area (Å²) in [6.45, 7) is 9.43. The average molecular weight is 483 g/mol. The molecule has 4 rings (SSSR count). The zero-order valence-electron chi connectivity index (χ0n) is 20.8. The van der Waals surface area contributed by atoms with Gasteiger partial charge >= 0.3 is 0 Å². The second-order valence-corrected chi connectivity index (χ2v) is 11.0. The van der Waals surface area contributed by atoms with Gasteiger partial charge in [0, 0.05) is 45.2 Å². The maximum absolute atomic E-state index is 13.2. The molecule has 1 aliphatic rings. The number of fused-ring (bicyclic) bond motifs is 2. The van der Waals surface area contributed by atoms with E-state index in [1.807, 2.05) is 30.4 Å². The van der Waals surface area contributed by atoms with Crippen molar-refractivity contribution in [2.75, 3.05) is 24.5 Å². The van der Waals surface area contributed by atoms with E-state index in [4.69, 9.17) is 4.98 Å². The molecule has 182 valence electrons. The smallest absolute Gasteiger partial charge is 0.243 e. The fraction of sp³-hybridized carbons (Fsp3) is 0.462. The molecule has 0 atom stereocenters. The molecule has 1 amide bonds. The highest BCUT2D eigenvalue weighted by Crippen LogP contribution is 2.32. The Hall–Kier alpha value is -2.71. The number of carbonyl (C=O) groups excluding carboxylic acids is 1. The monoisotopic (exact) mass is 482 g/mol. The van der Waals surface area contributed by atoms with Gasteiger partial charge in [0.1, 0.15) is 5.82 Å². The molecule has 34 heavy (non-hydrogen) atoms. The average Bonchev–Trinajstić information content (AvgIpc) is 3.12. The van der Waals surface area contributed by atoms with Gasteiger partial charge in [0.2, 0.25) is 15.9 Å². The van der Waals surface area contributed by atoms with Gasteiger partial charge in [0.05, 0.1) is 15.9 Å². The summed E-state index contributed by atoms with van der Waals surface area (Å²) in [5.74, 6) is 0.876. The third-order valence-corrected chi connectivity index (χ3v) is 8.89. The molecule has 0 aliphatic carbocycles. The third-order valence-electron chi connectivity index (χ3n) is 6.84. The number of benzene rings is 2. The molecule has 0 saturated heterocycles. The lowest BCUT2D eigenvalue weighted by atomic mass is 9.95. The zero-order chi connectivity index (χ0) is 24.6. The van der Waals surface area contributed by atoms with Crippen molar-refractivity contribution in [1.82, 2.24) is 13.9 Å². The maximum Gasteiger partial charge on any atom is 0.243 e. The van der Waals surface area contributed by atoms with Crippen molar-refractivity contribution in [3.05, 3.63) is 52.8 Å². The lowest BCUT2D eigenvalue weighted by Crippen LogP contribution is -2.36. The molecule has 0 radical (unpaired) electrons. The highest BCUT2D eigenvalue weighted by atomic mass is 32.2. The number of hydrogen-bond acceptors (Lipinski definition) is 4. The largest absolute Gasteiger partial charge is 0.331 e. The SMILES string of the molecule is CCN(CC)S(=O)(=O)c1ccc2c(c1)nc(CCC(=O)N1CCCc3c(C)cc(C)cc31)n2C. The van der Waals surface area contributed by atoms with Crippen molar-refractivity contribution in [3.8, 4) is 0 Å². The van der Waals surface area contributed by atoms with Crippen LogP contribution in [0.2, 0.25) is 0 Å². The van der Waals surface area contributed by atoms with Crippen molar-refractivity contribution >= 4 is 32.7 Å². The van der Waals surface area contributed by atoms with Crippen LogP contribution in [0.5, 0.6) is 0 Å². The number of nitrogens with zero attached hydrogens (tertiary/aromatic N) is 4. The van der Waals surface area contributed by atoms with E-state index in [2.05, 4.69) is 26.0 Å². The van der Waals surface area contributed by atoms with Gasteiger partial charge in [-0.1, -0.05) is 19.9 Å². The maximum atomic E-state index is 13.2. The van der Waals surface area contributed by atoms with E-state index < -0.39 is 10.0 Å². The summed E-state index contributed by atoms with van der Waals surface area (Å²) in [5, 5.41) is 0. The predicted octanol–water partition coefficient (Wildman–Crippen LogP) is 4.13. The lowest BCUT2D eigenvalue weighted by Gasteiger charge is -2.31. The van der Waals surface area contributed by atoms with E-state index in [-0.39, 0.29) is 10.8 Å². The van der Waals surface area contributed by atoms with Crippen LogP contribution in [0, 0.1) is 13.8 Å². The van der Waals surface area contributed by atoms with Crippen LogP contribution in [0.4, 0.5) is 5.69 Å². The molecular weight excluding hydrogens is 448 g/mol. The Morgan fingerprint density at radius 2 is 1.85 bits per heavy atom. The van der Waals surface area contributed by atoms with Crippen molar-refractivity contribution in [2.45, 2.75) is 58.3 Å². The molecule has 0 saturated carbocycles. The number of hydrogen-bond donors (Lipinski definition) is 0. The van der Waals surface area contributed by atoms with E-state index in [1.165, 1.54) is 21.0 Å². The predicted molar refractivity (Wildman–Crippen MR) is 136 cm³/mol. The Morgan fingerprint density at radius 1 is 1.12 bits per heavy atom. The molecule has 8 heteroatoms. The first kappa shape index (κ1) is 24.4. The summed E-state index contributed by atoms with van der Waals surface area (Å²) in [5.41, 5.74) is 6.23. The number of sulfonamides is 1. The first-order chi connectivity index (χ1) is 16.2. The third kappa shape index (κ3) is 4.36. The summed E-state index contributed by atoms with van der Waals surface area (Å²) in [4.78, 5) is 20.1. The van der Waals surface area contributed by atoms with E-state index >= 15 is 0 Å². The zero-order valence-corrected chi connectivity index (χ0v) is 21.6. The first-order valence-corrected chi connectivity index (χ1v) is 13.5. The molecule has 0 spiro atoms. The van der Waals surface area contributed by atoms with Crippen LogP contribution in [0.25, 0.3) is 11.0 Å². The highest BCUT2D eigenvalue weighted by Gasteiger charge is 2.25. The Balaban J connectivity index is 1.56. The van der Waals surface area contributed by atoms with Gasteiger partial charge < -0.3 is 9.47 Å². The van der Waals surface area contributed by atoms with Crippen molar-refractivity contribution in [1.29, 1.82) is 0 Å². The number of amides is 1. The number of rotatable bonds is 7. The fourth-order valence-corrected chi connectivity index (χ4v) is 6.49. The number of aryl methyl sites for hydroxylation is 4. The molecule has 2 aromatic carbocycles. The number of carbonyl (C=O) groups is 1. The number of imidazole rings is 1. The van der Waals surface area contributed by atoms with E-state index in [0.29, 0.717) is 31.4 Å². The molecule has 3 aromatic rings. The van der Waals surface area contributed by atoms with Crippen LogP contribution in [0.15, 0.2) is 35.2 Å². The molecule has 0 bridgehead atoms. The summed E-state index contributed by atoms with van der Waals surface area (Å²) < 4.78 is 29.2. The topological polar surface area (TPSA) is 75.5 Å². The van der Waals surface area contributed by atoms with E-state index in [9.17, 15) is 13.2 Å². The summed E-state index contributed by atoms with van der Waals surface area (Å²) in [6, 6.07) is 9.38. The minimum Gasteiger partial charge on any atom is -0.331 e. The first-order valence-electron chi connectivity index (χ1n) is 12.0. The molecule has 0 fully saturated rings. The van der Waals surface area contributed by atoms with Crippen LogP contribution in [-0.4, -0.2) is 47.8 Å². The Labute approximate surface area is 202 Å². The summed E-state index contributed by atoms with van der Waals surface area (Å²) >= 11 is 0. The van der Waals surface area contributed by atoms with Gasteiger partial charge in [-0.25, -0.2) is 13.4 Å². The van der Waals surface area contributed by atoms with Gasteiger partial charge in [-0.2, -0.15) is 4.31 Å². The Kier molecular flexibility index (Phi) is 6.82. The van der Waals surface area contributed by atoms with Gasteiger partial charge in [-0.3, -0.25) is 4.79 Å². The van der Waals surface area contributed by atoms with Crippen LogP contribution < -0.4 is 4.90 Å². The fourth-order valence-electron chi connectivity index (χ4n) is 5.01. The van der Waals surface area contributed by atoms with Crippen LogP contribution in [0.3, 0.4) is 0 Å². The molecule has 0 N–H and O–H groups in total. The lowest BCUT2D eigenvalue weighted by molar-refractivity contribution is -0.118. The van der Waals surface area contributed by atoms with Crippen LogP contribution in [0.1, 0.15) is 49.2 Å². The van der Waals surface area contributed by atoms with Gasteiger partial charge in [-0.15, -0.1) is 0 Å². The van der Waals surface area contributed by atoms with Gasteiger partial charge in [0.25, 0.3) is 0 Å². The Bertz CT molecular complexity index is 1340. The highest BCUT2D eigenvalue weighted by molar-refractivity contribution is 7.89. The molecule has 1 aromatic heterocycles. The van der Waals surface area contributed by atoms with Crippen LogP contribution in [-0.2, 0) is 34.7 Å². The normalized spacial score (nSPS) is 14.1.